The fourth-order valence-corrected chi connectivity index (χ4v) is 4.27. The van der Waals surface area contributed by atoms with Gasteiger partial charge in [-0.1, -0.05) is 27.7 Å². The van der Waals surface area contributed by atoms with Gasteiger partial charge < -0.3 is 4.90 Å². The quantitative estimate of drug-likeness (QED) is 0.846. The summed E-state index contributed by atoms with van der Waals surface area (Å²) in [5.74, 6) is 0.963. The van der Waals surface area contributed by atoms with Gasteiger partial charge in [-0.05, 0) is 0 Å². The molecule has 1 saturated heterocycles. The van der Waals surface area contributed by atoms with Crippen LogP contribution >= 0.6 is 22.9 Å². The third kappa shape index (κ3) is 4.08. The topological polar surface area (TPSA) is 45.2 Å². The molecule has 0 radical (unpaired) electrons. The van der Waals surface area contributed by atoms with E-state index in [4.69, 9.17) is 4.98 Å². The molecule has 3 heterocycles. The Bertz CT molecular complexity index is 635. The zero-order chi connectivity index (χ0) is 16.4. The summed E-state index contributed by atoms with van der Waals surface area (Å²) in [6, 6.07) is 0. The van der Waals surface area contributed by atoms with Crippen molar-refractivity contribution in [3.63, 3.8) is 0 Å². The fourth-order valence-electron chi connectivity index (χ4n) is 2.57. The van der Waals surface area contributed by atoms with Crippen molar-refractivity contribution in [1.82, 2.24) is 19.2 Å². The summed E-state index contributed by atoms with van der Waals surface area (Å²) in [6.45, 7) is 13.9. The van der Waals surface area contributed by atoms with Crippen molar-refractivity contribution in [1.29, 1.82) is 0 Å². The molecular weight excluding hydrogens is 326 g/mol. The molecule has 1 fully saturated rings. The Morgan fingerprint density at radius 3 is 2.43 bits per heavy atom. The molecule has 0 bridgehead atoms. The van der Waals surface area contributed by atoms with Gasteiger partial charge in [0.15, 0.2) is 0 Å². The zero-order valence-electron chi connectivity index (χ0n) is 14.4. The van der Waals surface area contributed by atoms with E-state index in [0.29, 0.717) is 0 Å². The number of piperazine rings is 1. The van der Waals surface area contributed by atoms with Gasteiger partial charge in [-0.3, -0.25) is 4.90 Å². The molecule has 7 heteroatoms. The van der Waals surface area contributed by atoms with Gasteiger partial charge in [0.2, 0.25) is 5.13 Å². The number of hydrogen-bond donors (Lipinski definition) is 0. The van der Waals surface area contributed by atoms with Crippen LogP contribution in [0.15, 0.2) is 5.38 Å². The molecule has 0 N–H and O–H groups in total. The first-order chi connectivity index (χ1) is 11.0. The lowest BCUT2D eigenvalue weighted by Crippen LogP contribution is -2.46. The van der Waals surface area contributed by atoms with E-state index < -0.39 is 0 Å². The highest BCUT2D eigenvalue weighted by Crippen LogP contribution is 2.26. The number of hydrogen-bond acceptors (Lipinski definition) is 7. The molecule has 1 aliphatic rings. The smallest absolute Gasteiger partial charge is 0.205 e. The van der Waals surface area contributed by atoms with Crippen molar-refractivity contribution in [3.8, 4) is 0 Å². The summed E-state index contributed by atoms with van der Waals surface area (Å²) in [7, 11) is 0. The largest absolute Gasteiger partial charge is 0.344 e. The summed E-state index contributed by atoms with van der Waals surface area (Å²) in [4.78, 5) is 14.2. The van der Waals surface area contributed by atoms with Gasteiger partial charge in [-0.15, -0.1) is 11.3 Å². The van der Waals surface area contributed by atoms with Gasteiger partial charge >= 0.3 is 0 Å². The minimum absolute atomic E-state index is 0.149. The lowest BCUT2D eigenvalue weighted by molar-refractivity contribution is 0.247. The van der Waals surface area contributed by atoms with Crippen LogP contribution in [-0.4, -0.2) is 45.4 Å². The van der Waals surface area contributed by atoms with Crippen LogP contribution in [-0.2, 0) is 18.4 Å². The van der Waals surface area contributed by atoms with E-state index in [9.17, 15) is 0 Å². The van der Waals surface area contributed by atoms with Crippen LogP contribution < -0.4 is 4.90 Å². The van der Waals surface area contributed by atoms with Crippen LogP contribution in [0.3, 0.4) is 0 Å². The molecule has 3 rings (SSSR count). The van der Waals surface area contributed by atoms with Gasteiger partial charge in [-0.2, -0.15) is 4.37 Å². The first kappa shape index (κ1) is 16.8. The Hall–Kier alpha value is -1.05. The van der Waals surface area contributed by atoms with E-state index in [1.165, 1.54) is 22.2 Å². The molecule has 0 aliphatic carbocycles. The van der Waals surface area contributed by atoms with Crippen LogP contribution in [0.1, 0.15) is 44.2 Å². The number of rotatable bonds is 4. The third-order valence-corrected chi connectivity index (χ3v) is 6.13. The molecule has 2 aromatic rings. The Morgan fingerprint density at radius 1 is 1.13 bits per heavy atom. The number of aryl methyl sites for hydroxylation is 1. The SMILES string of the molecule is CCc1nsc(N2CCN(Cc3csc(C(C)(C)C)n3)CC2)n1. The second-order valence-corrected chi connectivity index (χ2v) is 8.59. The van der Waals surface area contributed by atoms with Crippen LogP contribution in [0.5, 0.6) is 0 Å². The van der Waals surface area contributed by atoms with Crippen molar-refractivity contribution in [2.75, 3.05) is 31.1 Å². The van der Waals surface area contributed by atoms with E-state index >= 15 is 0 Å². The fraction of sp³-hybridized carbons (Fsp3) is 0.688. The van der Waals surface area contributed by atoms with Crippen LogP contribution in [0.2, 0.25) is 0 Å². The summed E-state index contributed by atoms with van der Waals surface area (Å²) >= 11 is 3.31. The normalized spacial score (nSPS) is 17.0. The number of nitrogens with zero attached hydrogens (tertiary/aromatic N) is 5. The molecule has 0 unspecified atom stereocenters. The highest BCUT2D eigenvalue weighted by Gasteiger charge is 2.22. The lowest BCUT2D eigenvalue weighted by Gasteiger charge is -2.33. The van der Waals surface area contributed by atoms with Crippen molar-refractivity contribution in [2.45, 2.75) is 46.1 Å². The van der Waals surface area contributed by atoms with Crippen molar-refractivity contribution in [2.24, 2.45) is 0 Å². The second-order valence-electron chi connectivity index (χ2n) is 7.00. The third-order valence-electron chi connectivity index (χ3n) is 4.00. The predicted molar refractivity (Wildman–Crippen MR) is 97.6 cm³/mol. The monoisotopic (exact) mass is 351 g/mol. The molecule has 23 heavy (non-hydrogen) atoms. The summed E-state index contributed by atoms with van der Waals surface area (Å²) in [6.07, 6.45) is 0.913. The first-order valence-electron chi connectivity index (χ1n) is 8.20. The van der Waals surface area contributed by atoms with Crippen LogP contribution in [0, 0.1) is 0 Å². The van der Waals surface area contributed by atoms with E-state index in [1.54, 1.807) is 11.3 Å². The Labute approximate surface area is 146 Å². The second kappa shape index (κ2) is 6.83. The number of aromatic nitrogens is 3. The number of thiazole rings is 1. The van der Waals surface area contributed by atoms with Gasteiger partial charge in [0.05, 0.1) is 10.7 Å². The first-order valence-corrected chi connectivity index (χ1v) is 9.86. The molecule has 126 valence electrons. The average molecular weight is 352 g/mol. The average Bonchev–Trinajstić information content (AvgIpc) is 3.16. The van der Waals surface area contributed by atoms with E-state index in [1.807, 2.05) is 0 Å². The molecule has 0 spiro atoms. The Morgan fingerprint density at radius 2 is 1.87 bits per heavy atom. The highest BCUT2D eigenvalue weighted by molar-refractivity contribution is 7.10. The van der Waals surface area contributed by atoms with Crippen molar-refractivity contribution in [3.05, 3.63) is 21.9 Å². The zero-order valence-corrected chi connectivity index (χ0v) is 16.0. The van der Waals surface area contributed by atoms with Gasteiger partial charge in [0, 0.05) is 61.5 Å². The standard InChI is InChI=1S/C16H25N5S2/c1-5-13-18-15(23-19-13)21-8-6-20(7-9-21)10-12-11-22-14(17-12)16(2,3)4/h11H,5-10H2,1-4H3. The maximum Gasteiger partial charge on any atom is 0.205 e. The van der Waals surface area contributed by atoms with Gasteiger partial charge in [0.25, 0.3) is 0 Å². The van der Waals surface area contributed by atoms with E-state index in [-0.39, 0.29) is 5.41 Å². The molecule has 5 nitrogen and oxygen atoms in total. The van der Waals surface area contributed by atoms with Crippen molar-refractivity contribution < 1.29 is 0 Å². The maximum atomic E-state index is 4.81. The molecule has 1 aliphatic heterocycles. The summed E-state index contributed by atoms with van der Waals surface area (Å²) in [5, 5.41) is 4.52. The predicted octanol–water partition coefficient (Wildman–Crippen LogP) is 3.18. The van der Waals surface area contributed by atoms with Gasteiger partial charge in [-0.25, -0.2) is 9.97 Å². The van der Waals surface area contributed by atoms with Crippen molar-refractivity contribution >= 4 is 28.0 Å². The van der Waals surface area contributed by atoms with Crippen LogP contribution in [0.25, 0.3) is 0 Å². The maximum absolute atomic E-state index is 4.81. The molecule has 0 atom stereocenters. The highest BCUT2D eigenvalue weighted by atomic mass is 32.1. The minimum Gasteiger partial charge on any atom is -0.344 e. The minimum atomic E-state index is 0.149. The molecule has 0 amide bonds. The molecule has 0 saturated carbocycles. The lowest BCUT2D eigenvalue weighted by atomic mass is 9.98. The van der Waals surface area contributed by atoms with E-state index in [0.717, 1.165) is 50.1 Å². The molecule has 0 aromatic carbocycles. The Balaban J connectivity index is 1.54. The summed E-state index contributed by atoms with van der Waals surface area (Å²) in [5.41, 5.74) is 1.36. The summed E-state index contributed by atoms with van der Waals surface area (Å²) < 4.78 is 4.39. The number of anilines is 1. The van der Waals surface area contributed by atoms with Gasteiger partial charge in [0.1, 0.15) is 5.82 Å². The van der Waals surface area contributed by atoms with E-state index in [2.05, 4.69) is 52.2 Å². The Kier molecular flexibility index (Phi) is 4.98. The molecule has 2 aromatic heterocycles. The molecular formula is C16H25N5S2. The van der Waals surface area contributed by atoms with Crippen LogP contribution in [0.4, 0.5) is 5.13 Å².